The monoisotopic (exact) mass is 330 g/mol. The molecule has 2 rings (SSSR count). The number of rotatable bonds is 7. The summed E-state index contributed by atoms with van der Waals surface area (Å²) in [6, 6.07) is 3.96. The van der Waals surface area contributed by atoms with Gasteiger partial charge in [0.25, 0.3) is 0 Å². The van der Waals surface area contributed by atoms with Gasteiger partial charge >= 0.3 is 0 Å². The highest BCUT2D eigenvalue weighted by Gasteiger charge is 2.15. The molecular weight excluding hydrogens is 304 g/mol. The molecule has 130 valence electrons. The number of hydrogen-bond donors (Lipinski definition) is 2. The van der Waals surface area contributed by atoms with Gasteiger partial charge in [-0.3, -0.25) is 0 Å². The van der Waals surface area contributed by atoms with E-state index in [9.17, 15) is 0 Å². The van der Waals surface area contributed by atoms with Crippen LogP contribution in [0.5, 0.6) is 17.2 Å². The maximum absolute atomic E-state index is 6.02. The maximum atomic E-state index is 6.02. The summed E-state index contributed by atoms with van der Waals surface area (Å²) in [4.78, 5) is 8.49. The van der Waals surface area contributed by atoms with Crippen molar-refractivity contribution in [1.29, 1.82) is 0 Å². The third kappa shape index (κ3) is 4.07. The standard InChI is InChI=1S/C18H26N4O2/c1-6-7-20-18-21-10-16(17(19)22-18)24-15-9-14(23-5)12(4)8-13(15)11(2)3/h8-11H,6-7H2,1-5H3,(H3,19,20,21,22). The lowest BCUT2D eigenvalue weighted by Gasteiger charge is -2.17. The van der Waals surface area contributed by atoms with Gasteiger partial charge in [-0.2, -0.15) is 4.98 Å². The van der Waals surface area contributed by atoms with Crippen molar-refractivity contribution in [2.24, 2.45) is 0 Å². The molecule has 6 nitrogen and oxygen atoms in total. The Morgan fingerprint density at radius 2 is 1.96 bits per heavy atom. The van der Waals surface area contributed by atoms with E-state index in [2.05, 4.69) is 42.1 Å². The zero-order chi connectivity index (χ0) is 17.7. The summed E-state index contributed by atoms with van der Waals surface area (Å²) in [5.41, 5.74) is 8.17. The van der Waals surface area contributed by atoms with Crippen LogP contribution in [0, 0.1) is 6.92 Å². The SMILES string of the molecule is CCCNc1ncc(Oc2cc(OC)c(C)cc2C(C)C)c(N)n1. The number of aromatic nitrogens is 2. The molecule has 0 unspecified atom stereocenters. The number of ether oxygens (including phenoxy) is 2. The Bertz CT molecular complexity index is 702. The fourth-order valence-electron chi connectivity index (χ4n) is 2.35. The lowest BCUT2D eigenvalue weighted by Crippen LogP contribution is -2.07. The Morgan fingerprint density at radius 3 is 2.54 bits per heavy atom. The van der Waals surface area contributed by atoms with Gasteiger partial charge in [-0.25, -0.2) is 4.98 Å². The van der Waals surface area contributed by atoms with Crippen LogP contribution in [0.3, 0.4) is 0 Å². The van der Waals surface area contributed by atoms with Crippen LogP contribution in [0.2, 0.25) is 0 Å². The number of nitrogens with zero attached hydrogens (tertiary/aromatic N) is 2. The van der Waals surface area contributed by atoms with Crippen molar-refractivity contribution in [3.8, 4) is 17.2 Å². The van der Waals surface area contributed by atoms with Gasteiger partial charge in [-0.1, -0.05) is 20.8 Å². The van der Waals surface area contributed by atoms with Crippen LogP contribution in [0.15, 0.2) is 18.3 Å². The first-order valence-electron chi connectivity index (χ1n) is 8.19. The molecule has 0 radical (unpaired) electrons. The van der Waals surface area contributed by atoms with E-state index in [0.717, 1.165) is 29.8 Å². The quantitative estimate of drug-likeness (QED) is 0.795. The second-order valence-corrected chi connectivity index (χ2v) is 5.99. The molecule has 0 fully saturated rings. The van der Waals surface area contributed by atoms with Crippen molar-refractivity contribution in [2.45, 2.75) is 40.0 Å². The highest BCUT2D eigenvalue weighted by Crippen LogP contribution is 2.37. The number of benzene rings is 1. The minimum atomic E-state index is 0.303. The van der Waals surface area contributed by atoms with E-state index in [1.165, 1.54) is 0 Å². The first-order chi connectivity index (χ1) is 11.5. The molecule has 0 aliphatic heterocycles. The summed E-state index contributed by atoms with van der Waals surface area (Å²) in [6.07, 6.45) is 2.58. The number of nitrogens with one attached hydrogen (secondary N) is 1. The normalized spacial score (nSPS) is 10.8. The van der Waals surface area contributed by atoms with Crippen molar-refractivity contribution in [3.63, 3.8) is 0 Å². The van der Waals surface area contributed by atoms with Crippen molar-refractivity contribution in [2.75, 3.05) is 24.7 Å². The van der Waals surface area contributed by atoms with E-state index >= 15 is 0 Å². The molecule has 0 saturated heterocycles. The molecule has 1 aromatic carbocycles. The molecule has 1 heterocycles. The molecule has 0 atom stereocenters. The van der Waals surface area contributed by atoms with Crippen LogP contribution >= 0.6 is 0 Å². The molecule has 0 bridgehead atoms. The van der Waals surface area contributed by atoms with E-state index in [-0.39, 0.29) is 0 Å². The number of hydrogen-bond acceptors (Lipinski definition) is 6. The minimum Gasteiger partial charge on any atom is -0.496 e. The fourth-order valence-corrected chi connectivity index (χ4v) is 2.35. The third-order valence-electron chi connectivity index (χ3n) is 3.69. The average Bonchev–Trinajstić information content (AvgIpc) is 2.56. The van der Waals surface area contributed by atoms with Gasteiger partial charge < -0.3 is 20.5 Å². The summed E-state index contributed by atoms with van der Waals surface area (Å²) in [5.74, 6) is 3.03. The summed E-state index contributed by atoms with van der Waals surface area (Å²) in [5, 5.41) is 3.10. The first-order valence-corrected chi connectivity index (χ1v) is 8.19. The van der Waals surface area contributed by atoms with Crippen molar-refractivity contribution in [3.05, 3.63) is 29.5 Å². The van der Waals surface area contributed by atoms with Crippen molar-refractivity contribution < 1.29 is 9.47 Å². The van der Waals surface area contributed by atoms with E-state index in [0.29, 0.717) is 29.2 Å². The number of methoxy groups -OCH3 is 1. The van der Waals surface area contributed by atoms with E-state index in [4.69, 9.17) is 15.2 Å². The van der Waals surface area contributed by atoms with Crippen LogP contribution in [-0.4, -0.2) is 23.6 Å². The fraction of sp³-hybridized carbons (Fsp3) is 0.444. The molecule has 1 aromatic heterocycles. The summed E-state index contributed by atoms with van der Waals surface area (Å²) in [6.45, 7) is 9.12. The van der Waals surface area contributed by atoms with Gasteiger partial charge in [-0.15, -0.1) is 0 Å². The molecule has 0 spiro atoms. The van der Waals surface area contributed by atoms with E-state index < -0.39 is 0 Å². The smallest absolute Gasteiger partial charge is 0.224 e. The van der Waals surface area contributed by atoms with Crippen LogP contribution in [0.25, 0.3) is 0 Å². The minimum absolute atomic E-state index is 0.303. The third-order valence-corrected chi connectivity index (χ3v) is 3.69. The second-order valence-electron chi connectivity index (χ2n) is 5.99. The Hall–Kier alpha value is -2.50. The highest BCUT2D eigenvalue weighted by molar-refractivity contribution is 5.53. The number of nitrogens with two attached hydrogens (primary N) is 1. The summed E-state index contributed by atoms with van der Waals surface area (Å²) < 4.78 is 11.4. The zero-order valence-electron chi connectivity index (χ0n) is 15.0. The largest absolute Gasteiger partial charge is 0.496 e. The Labute approximate surface area is 143 Å². The average molecular weight is 330 g/mol. The molecular formula is C18H26N4O2. The maximum Gasteiger partial charge on any atom is 0.224 e. The number of nitrogen functional groups attached to an aromatic ring is 1. The Kier molecular flexibility index (Phi) is 5.84. The highest BCUT2D eigenvalue weighted by atomic mass is 16.5. The van der Waals surface area contributed by atoms with Crippen molar-refractivity contribution >= 4 is 11.8 Å². The molecule has 0 aliphatic rings. The molecule has 0 amide bonds. The number of anilines is 2. The Balaban J connectivity index is 2.33. The van der Waals surface area contributed by atoms with Gasteiger partial charge in [0.1, 0.15) is 11.5 Å². The van der Waals surface area contributed by atoms with E-state index in [1.807, 2.05) is 13.0 Å². The lowest BCUT2D eigenvalue weighted by atomic mass is 9.99. The van der Waals surface area contributed by atoms with Crippen LogP contribution in [0.1, 0.15) is 44.2 Å². The second kappa shape index (κ2) is 7.86. The molecule has 6 heteroatoms. The van der Waals surface area contributed by atoms with Gasteiger partial charge in [0.05, 0.1) is 13.3 Å². The summed E-state index contributed by atoms with van der Waals surface area (Å²) in [7, 11) is 1.65. The predicted octanol–water partition coefficient (Wildman–Crippen LogP) is 4.11. The lowest BCUT2D eigenvalue weighted by molar-refractivity contribution is 0.404. The number of aryl methyl sites for hydroxylation is 1. The predicted molar refractivity (Wildman–Crippen MR) is 97.1 cm³/mol. The molecule has 3 N–H and O–H groups in total. The molecule has 24 heavy (non-hydrogen) atoms. The summed E-state index contributed by atoms with van der Waals surface area (Å²) >= 11 is 0. The molecule has 2 aromatic rings. The van der Waals surface area contributed by atoms with Crippen LogP contribution < -0.4 is 20.5 Å². The topological polar surface area (TPSA) is 82.3 Å². The molecule has 0 aliphatic carbocycles. The van der Waals surface area contributed by atoms with Crippen LogP contribution in [0.4, 0.5) is 11.8 Å². The van der Waals surface area contributed by atoms with Crippen LogP contribution in [-0.2, 0) is 0 Å². The van der Waals surface area contributed by atoms with E-state index in [1.54, 1.807) is 13.3 Å². The molecule has 0 saturated carbocycles. The van der Waals surface area contributed by atoms with Gasteiger partial charge in [-0.05, 0) is 36.5 Å². The first kappa shape index (κ1) is 17.8. The Morgan fingerprint density at radius 1 is 1.21 bits per heavy atom. The van der Waals surface area contributed by atoms with Gasteiger partial charge in [0.15, 0.2) is 11.6 Å². The van der Waals surface area contributed by atoms with Crippen molar-refractivity contribution in [1.82, 2.24) is 9.97 Å². The van der Waals surface area contributed by atoms with Gasteiger partial charge in [0, 0.05) is 12.6 Å². The van der Waals surface area contributed by atoms with Gasteiger partial charge in [0.2, 0.25) is 5.95 Å². The zero-order valence-corrected chi connectivity index (χ0v) is 15.0.